The van der Waals surface area contributed by atoms with E-state index in [1.807, 2.05) is 24.0 Å². The van der Waals surface area contributed by atoms with Gasteiger partial charge in [-0.2, -0.15) is 0 Å². The first-order chi connectivity index (χ1) is 13.0. The van der Waals surface area contributed by atoms with Crippen molar-refractivity contribution in [3.8, 4) is 0 Å². The molecule has 0 aliphatic carbocycles. The second-order valence-electron chi connectivity index (χ2n) is 7.05. The summed E-state index contributed by atoms with van der Waals surface area (Å²) in [7, 11) is 1.72. The van der Waals surface area contributed by atoms with Crippen molar-refractivity contribution >= 4 is 17.6 Å². The molecule has 1 saturated heterocycles. The quantitative estimate of drug-likeness (QED) is 0.898. The number of carbonyl (C=O) groups excluding carboxylic acids is 2. The summed E-state index contributed by atoms with van der Waals surface area (Å²) in [5, 5.41) is 2.86. The van der Waals surface area contributed by atoms with Crippen molar-refractivity contribution < 1.29 is 9.59 Å². The SMILES string of the molecule is Cc1ccc(CN(C)C(=O)Nc2cccc(C(=O)N3CCCCC3)c2)nc1. The molecule has 0 spiro atoms. The van der Waals surface area contributed by atoms with Gasteiger partial charge in [-0.3, -0.25) is 9.78 Å². The van der Waals surface area contributed by atoms with Crippen LogP contribution in [-0.2, 0) is 6.54 Å². The van der Waals surface area contributed by atoms with Gasteiger partial charge in [0.05, 0.1) is 12.2 Å². The molecule has 1 aliphatic rings. The van der Waals surface area contributed by atoms with E-state index in [0.29, 0.717) is 17.8 Å². The van der Waals surface area contributed by atoms with Gasteiger partial charge in [-0.05, 0) is 56.0 Å². The fourth-order valence-corrected chi connectivity index (χ4v) is 3.14. The van der Waals surface area contributed by atoms with Gasteiger partial charge < -0.3 is 15.1 Å². The van der Waals surface area contributed by atoms with E-state index in [-0.39, 0.29) is 11.9 Å². The van der Waals surface area contributed by atoms with Crippen LogP contribution in [0, 0.1) is 6.92 Å². The van der Waals surface area contributed by atoms with Crippen molar-refractivity contribution in [2.75, 3.05) is 25.5 Å². The molecule has 142 valence electrons. The lowest BCUT2D eigenvalue weighted by atomic mass is 10.1. The van der Waals surface area contributed by atoms with E-state index in [9.17, 15) is 9.59 Å². The molecule has 0 atom stereocenters. The highest BCUT2D eigenvalue weighted by Gasteiger charge is 2.18. The summed E-state index contributed by atoms with van der Waals surface area (Å²) in [5.41, 5.74) is 3.14. The Hall–Kier alpha value is -2.89. The van der Waals surface area contributed by atoms with Crippen LogP contribution in [0.5, 0.6) is 0 Å². The smallest absolute Gasteiger partial charge is 0.321 e. The van der Waals surface area contributed by atoms with Crippen molar-refractivity contribution in [3.05, 3.63) is 59.4 Å². The highest BCUT2D eigenvalue weighted by Crippen LogP contribution is 2.17. The second kappa shape index (κ2) is 8.66. The molecular formula is C21H26N4O2. The number of hydrogen-bond acceptors (Lipinski definition) is 3. The van der Waals surface area contributed by atoms with Crippen LogP contribution in [0.25, 0.3) is 0 Å². The molecule has 3 amide bonds. The van der Waals surface area contributed by atoms with E-state index >= 15 is 0 Å². The number of amides is 3. The molecule has 0 bridgehead atoms. The highest BCUT2D eigenvalue weighted by molar-refractivity contribution is 5.96. The van der Waals surface area contributed by atoms with Crippen molar-refractivity contribution in [2.24, 2.45) is 0 Å². The number of likely N-dealkylation sites (tertiary alicyclic amines) is 1. The highest BCUT2D eigenvalue weighted by atomic mass is 16.2. The topological polar surface area (TPSA) is 65.5 Å². The maximum atomic E-state index is 12.6. The fraction of sp³-hybridized carbons (Fsp3) is 0.381. The number of carbonyl (C=O) groups is 2. The number of anilines is 1. The van der Waals surface area contributed by atoms with Crippen LogP contribution in [0.2, 0.25) is 0 Å². The summed E-state index contributed by atoms with van der Waals surface area (Å²) in [6.07, 6.45) is 5.08. The van der Waals surface area contributed by atoms with Gasteiger partial charge in [0.15, 0.2) is 0 Å². The number of piperidine rings is 1. The molecule has 6 nitrogen and oxygen atoms in total. The Kier molecular flexibility index (Phi) is 6.06. The summed E-state index contributed by atoms with van der Waals surface area (Å²) in [6, 6.07) is 10.8. The maximum Gasteiger partial charge on any atom is 0.321 e. The van der Waals surface area contributed by atoms with Crippen LogP contribution in [0.3, 0.4) is 0 Å². The summed E-state index contributed by atoms with van der Waals surface area (Å²) in [6.45, 7) is 4.01. The first-order valence-corrected chi connectivity index (χ1v) is 9.36. The third-order valence-electron chi connectivity index (χ3n) is 4.72. The molecule has 0 saturated carbocycles. The number of benzene rings is 1. The van der Waals surface area contributed by atoms with Crippen LogP contribution >= 0.6 is 0 Å². The molecule has 1 aromatic heterocycles. The normalized spacial score (nSPS) is 13.9. The Balaban J connectivity index is 1.61. The molecule has 0 unspecified atom stereocenters. The van der Waals surface area contributed by atoms with Crippen molar-refractivity contribution in [1.29, 1.82) is 0 Å². The minimum absolute atomic E-state index is 0.0306. The molecule has 1 fully saturated rings. The number of hydrogen-bond donors (Lipinski definition) is 1. The molecule has 27 heavy (non-hydrogen) atoms. The molecule has 1 N–H and O–H groups in total. The van der Waals surface area contributed by atoms with Gasteiger partial charge in [0, 0.05) is 37.6 Å². The van der Waals surface area contributed by atoms with Crippen LogP contribution in [0.4, 0.5) is 10.5 Å². The monoisotopic (exact) mass is 366 g/mol. The lowest BCUT2D eigenvalue weighted by Gasteiger charge is -2.27. The van der Waals surface area contributed by atoms with Gasteiger partial charge >= 0.3 is 6.03 Å². The van der Waals surface area contributed by atoms with Crippen molar-refractivity contribution in [2.45, 2.75) is 32.7 Å². The lowest BCUT2D eigenvalue weighted by molar-refractivity contribution is 0.0724. The minimum Gasteiger partial charge on any atom is -0.339 e. The number of nitrogens with zero attached hydrogens (tertiary/aromatic N) is 3. The van der Waals surface area contributed by atoms with Gasteiger partial charge in [0.25, 0.3) is 5.91 Å². The largest absolute Gasteiger partial charge is 0.339 e. The van der Waals surface area contributed by atoms with E-state index in [1.54, 1.807) is 42.4 Å². The van der Waals surface area contributed by atoms with Crippen molar-refractivity contribution in [3.63, 3.8) is 0 Å². The number of aromatic nitrogens is 1. The number of rotatable bonds is 4. The summed E-state index contributed by atoms with van der Waals surface area (Å²) in [5.74, 6) is 0.0306. The Morgan fingerprint density at radius 3 is 2.63 bits per heavy atom. The molecule has 6 heteroatoms. The van der Waals surface area contributed by atoms with Crippen LogP contribution < -0.4 is 5.32 Å². The molecule has 3 rings (SSSR count). The fourth-order valence-electron chi connectivity index (χ4n) is 3.14. The summed E-state index contributed by atoms with van der Waals surface area (Å²) in [4.78, 5) is 32.9. The zero-order valence-electron chi connectivity index (χ0n) is 15.9. The van der Waals surface area contributed by atoms with Gasteiger partial charge in [0.2, 0.25) is 0 Å². The predicted molar refractivity (Wildman–Crippen MR) is 106 cm³/mol. The number of nitrogens with one attached hydrogen (secondary N) is 1. The van der Waals surface area contributed by atoms with E-state index in [1.165, 1.54) is 6.42 Å². The maximum absolute atomic E-state index is 12.6. The Bertz CT molecular complexity index is 798. The summed E-state index contributed by atoms with van der Waals surface area (Å²) < 4.78 is 0. The Labute approximate surface area is 160 Å². The average molecular weight is 366 g/mol. The first-order valence-electron chi connectivity index (χ1n) is 9.36. The van der Waals surface area contributed by atoms with Crippen molar-refractivity contribution in [1.82, 2.24) is 14.8 Å². The van der Waals surface area contributed by atoms with Gasteiger partial charge in [-0.15, -0.1) is 0 Å². The lowest BCUT2D eigenvalue weighted by Crippen LogP contribution is -2.35. The summed E-state index contributed by atoms with van der Waals surface area (Å²) >= 11 is 0. The Morgan fingerprint density at radius 1 is 1.15 bits per heavy atom. The first kappa shape index (κ1) is 18.9. The molecule has 1 aliphatic heterocycles. The predicted octanol–water partition coefficient (Wildman–Crippen LogP) is 3.68. The molecular weight excluding hydrogens is 340 g/mol. The third-order valence-corrected chi connectivity index (χ3v) is 4.72. The van der Waals surface area contributed by atoms with Crippen LogP contribution in [0.1, 0.15) is 40.9 Å². The van der Waals surface area contributed by atoms with E-state index in [4.69, 9.17) is 0 Å². The van der Waals surface area contributed by atoms with E-state index < -0.39 is 0 Å². The molecule has 2 heterocycles. The number of pyridine rings is 1. The zero-order valence-corrected chi connectivity index (χ0v) is 15.9. The molecule has 2 aromatic rings. The third kappa shape index (κ3) is 5.06. The van der Waals surface area contributed by atoms with Gasteiger partial charge in [-0.1, -0.05) is 12.1 Å². The van der Waals surface area contributed by atoms with Crippen LogP contribution in [0.15, 0.2) is 42.6 Å². The van der Waals surface area contributed by atoms with Crippen LogP contribution in [-0.4, -0.2) is 46.9 Å². The Morgan fingerprint density at radius 2 is 1.93 bits per heavy atom. The second-order valence-corrected chi connectivity index (χ2v) is 7.05. The van der Waals surface area contributed by atoms with E-state index in [0.717, 1.165) is 37.2 Å². The van der Waals surface area contributed by atoms with Gasteiger partial charge in [0.1, 0.15) is 0 Å². The zero-order chi connectivity index (χ0) is 19.2. The standard InChI is InChI=1S/C21H26N4O2/c1-16-9-10-19(22-14-16)15-24(2)21(27)23-18-8-6-7-17(13-18)20(26)25-11-4-3-5-12-25/h6-10,13-14H,3-5,11-12,15H2,1-2H3,(H,23,27). The minimum atomic E-state index is -0.236. The number of urea groups is 1. The molecule has 1 aromatic carbocycles. The average Bonchev–Trinajstić information content (AvgIpc) is 2.70. The number of aryl methyl sites for hydroxylation is 1. The molecule has 0 radical (unpaired) electrons. The van der Waals surface area contributed by atoms with E-state index in [2.05, 4.69) is 10.3 Å². The van der Waals surface area contributed by atoms with Gasteiger partial charge in [-0.25, -0.2) is 4.79 Å².